The van der Waals surface area contributed by atoms with Crippen LogP contribution in [0.15, 0.2) is 46.4 Å². The number of nitrogens with one attached hydrogen (secondary N) is 2. The van der Waals surface area contributed by atoms with Gasteiger partial charge in [-0.05, 0) is 30.3 Å². The minimum atomic E-state index is -4.82. The number of thiazole rings is 1. The maximum Gasteiger partial charge on any atom is 0.418 e. The van der Waals surface area contributed by atoms with Crippen molar-refractivity contribution in [3.63, 3.8) is 0 Å². The summed E-state index contributed by atoms with van der Waals surface area (Å²) < 4.78 is 57.0. The summed E-state index contributed by atoms with van der Waals surface area (Å²) in [5, 5.41) is 6.25. The van der Waals surface area contributed by atoms with E-state index in [1.54, 1.807) is 0 Å². The number of hydrogen-bond donors (Lipinski definition) is 2. The van der Waals surface area contributed by atoms with Gasteiger partial charge in [0, 0.05) is 5.38 Å². The first-order chi connectivity index (χ1) is 13.2. The third kappa shape index (κ3) is 4.74. The SMILES string of the molecule is O=C(Cc1csc(NC(=O)c2ccco2)n1)Nc1ccc(F)cc1C(F)(F)F. The summed E-state index contributed by atoms with van der Waals surface area (Å²) >= 11 is 1.04. The van der Waals surface area contributed by atoms with Gasteiger partial charge in [0.15, 0.2) is 10.9 Å². The smallest absolute Gasteiger partial charge is 0.418 e. The number of halogens is 4. The van der Waals surface area contributed by atoms with Crippen molar-refractivity contribution < 1.29 is 31.6 Å². The van der Waals surface area contributed by atoms with E-state index in [0.29, 0.717) is 6.07 Å². The van der Waals surface area contributed by atoms with E-state index in [1.807, 2.05) is 0 Å². The molecule has 1 aromatic carbocycles. The first-order valence-corrected chi connectivity index (χ1v) is 8.56. The third-order valence-electron chi connectivity index (χ3n) is 3.42. The molecular weight excluding hydrogens is 402 g/mol. The van der Waals surface area contributed by atoms with Crippen LogP contribution in [0.2, 0.25) is 0 Å². The minimum Gasteiger partial charge on any atom is -0.459 e. The van der Waals surface area contributed by atoms with Gasteiger partial charge in [-0.25, -0.2) is 9.37 Å². The molecule has 2 amide bonds. The molecule has 0 aliphatic carbocycles. The van der Waals surface area contributed by atoms with Gasteiger partial charge >= 0.3 is 6.18 Å². The zero-order chi connectivity index (χ0) is 20.3. The lowest BCUT2D eigenvalue weighted by Gasteiger charge is -2.13. The van der Waals surface area contributed by atoms with Gasteiger partial charge in [0.05, 0.1) is 29.6 Å². The van der Waals surface area contributed by atoms with E-state index in [1.165, 1.54) is 23.8 Å². The molecule has 0 unspecified atom stereocenters. The fraction of sp³-hybridized carbons (Fsp3) is 0.118. The highest BCUT2D eigenvalue weighted by molar-refractivity contribution is 7.14. The number of carbonyl (C=O) groups is 2. The minimum absolute atomic E-state index is 0.0745. The quantitative estimate of drug-likeness (QED) is 0.610. The van der Waals surface area contributed by atoms with Crippen LogP contribution in [0.5, 0.6) is 0 Å². The molecular formula is C17H11F4N3O3S. The Morgan fingerprint density at radius 3 is 2.64 bits per heavy atom. The zero-order valence-corrected chi connectivity index (χ0v) is 14.7. The van der Waals surface area contributed by atoms with Crippen LogP contribution in [0.1, 0.15) is 21.8 Å². The molecule has 146 valence electrons. The summed E-state index contributed by atoms with van der Waals surface area (Å²) in [5.74, 6) is -2.30. The molecule has 0 atom stereocenters. The number of alkyl halides is 3. The van der Waals surface area contributed by atoms with Crippen LogP contribution in [-0.4, -0.2) is 16.8 Å². The van der Waals surface area contributed by atoms with Crippen LogP contribution in [0.3, 0.4) is 0 Å². The van der Waals surface area contributed by atoms with E-state index in [9.17, 15) is 27.2 Å². The molecule has 6 nitrogen and oxygen atoms in total. The molecule has 0 aliphatic heterocycles. The number of nitrogens with zero attached hydrogens (tertiary/aromatic N) is 1. The number of hydrogen-bond acceptors (Lipinski definition) is 5. The summed E-state index contributed by atoms with van der Waals surface area (Å²) in [4.78, 5) is 27.9. The highest BCUT2D eigenvalue weighted by Gasteiger charge is 2.34. The summed E-state index contributed by atoms with van der Waals surface area (Å²) in [6.07, 6.45) is -3.83. The first kappa shape index (κ1) is 19.5. The van der Waals surface area contributed by atoms with E-state index in [-0.39, 0.29) is 23.0 Å². The summed E-state index contributed by atoms with van der Waals surface area (Å²) in [5.41, 5.74) is -1.60. The monoisotopic (exact) mass is 413 g/mol. The fourth-order valence-electron chi connectivity index (χ4n) is 2.23. The molecule has 11 heteroatoms. The lowest BCUT2D eigenvalue weighted by Crippen LogP contribution is -2.18. The van der Waals surface area contributed by atoms with Gasteiger partial charge in [-0.15, -0.1) is 11.3 Å². The highest BCUT2D eigenvalue weighted by atomic mass is 32.1. The van der Waals surface area contributed by atoms with E-state index in [4.69, 9.17) is 4.42 Å². The Hall–Kier alpha value is -3.21. The Kier molecular flexibility index (Phi) is 5.45. The molecule has 28 heavy (non-hydrogen) atoms. The Morgan fingerprint density at radius 2 is 1.96 bits per heavy atom. The van der Waals surface area contributed by atoms with Crippen LogP contribution >= 0.6 is 11.3 Å². The maximum atomic E-state index is 13.1. The number of amides is 2. The Morgan fingerprint density at radius 1 is 1.18 bits per heavy atom. The van der Waals surface area contributed by atoms with E-state index in [0.717, 1.165) is 23.5 Å². The van der Waals surface area contributed by atoms with E-state index >= 15 is 0 Å². The van der Waals surface area contributed by atoms with Crippen molar-refractivity contribution in [2.24, 2.45) is 0 Å². The predicted octanol–water partition coefficient (Wildman–Crippen LogP) is 4.33. The molecule has 3 aromatic rings. The number of carbonyl (C=O) groups excluding carboxylic acids is 2. The van der Waals surface area contributed by atoms with Crippen molar-refractivity contribution in [3.8, 4) is 0 Å². The molecule has 0 saturated carbocycles. The number of benzene rings is 1. The Bertz CT molecular complexity index is 999. The molecule has 3 rings (SSSR count). The number of aromatic nitrogens is 1. The summed E-state index contributed by atoms with van der Waals surface area (Å²) in [7, 11) is 0. The van der Waals surface area contributed by atoms with Crippen LogP contribution in [-0.2, 0) is 17.4 Å². The van der Waals surface area contributed by atoms with Crippen molar-refractivity contribution in [1.29, 1.82) is 0 Å². The second-order valence-electron chi connectivity index (χ2n) is 5.49. The number of rotatable bonds is 5. The number of anilines is 2. The molecule has 0 bridgehead atoms. The second-order valence-corrected chi connectivity index (χ2v) is 6.35. The van der Waals surface area contributed by atoms with Crippen LogP contribution in [0.25, 0.3) is 0 Å². The topological polar surface area (TPSA) is 84.2 Å². The normalized spacial score (nSPS) is 11.3. The summed E-state index contributed by atoms with van der Waals surface area (Å²) in [6, 6.07) is 4.96. The largest absolute Gasteiger partial charge is 0.459 e. The van der Waals surface area contributed by atoms with Crippen molar-refractivity contribution in [3.05, 3.63) is 64.8 Å². The molecule has 2 aromatic heterocycles. The van der Waals surface area contributed by atoms with Gasteiger partial charge in [0.25, 0.3) is 5.91 Å². The average molecular weight is 413 g/mol. The van der Waals surface area contributed by atoms with Crippen molar-refractivity contribution in [2.45, 2.75) is 12.6 Å². The maximum absolute atomic E-state index is 13.1. The molecule has 0 fully saturated rings. The molecule has 2 heterocycles. The average Bonchev–Trinajstić information content (AvgIpc) is 3.27. The fourth-order valence-corrected chi connectivity index (χ4v) is 2.94. The van der Waals surface area contributed by atoms with E-state index in [2.05, 4.69) is 15.6 Å². The van der Waals surface area contributed by atoms with Crippen LogP contribution in [0, 0.1) is 5.82 Å². The molecule has 0 spiro atoms. The third-order valence-corrected chi connectivity index (χ3v) is 4.23. The van der Waals surface area contributed by atoms with Gasteiger partial charge in [0.2, 0.25) is 5.91 Å². The number of furan rings is 1. The van der Waals surface area contributed by atoms with Gasteiger partial charge in [-0.3, -0.25) is 14.9 Å². The zero-order valence-electron chi connectivity index (χ0n) is 13.8. The lowest BCUT2D eigenvalue weighted by atomic mass is 10.1. The van der Waals surface area contributed by atoms with Gasteiger partial charge < -0.3 is 9.73 Å². The summed E-state index contributed by atoms with van der Waals surface area (Å²) in [6.45, 7) is 0. The van der Waals surface area contributed by atoms with Gasteiger partial charge in [-0.2, -0.15) is 13.2 Å². The Labute approximate surface area is 159 Å². The molecule has 0 aliphatic rings. The van der Waals surface area contributed by atoms with Crippen molar-refractivity contribution in [2.75, 3.05) is 10.6 Å². The molecule has 2 N–H and O–H groups in total. The van der Waals surface area contributed by atoms with Gasteiger partial charge in [-0.1, -0.05) is 0 Å². The van der Waals surface area contributed by atoms with Crippen molar-refractivity contribution >= 4 is 34.0 Å². The first-order valence-electron chi connectivity index (χ1n) is 7.68. The molecule has 0 radical (unpaired) electrons. The predicted molar refractivity (Wildman–Crippen MR) is 92.5 cm³/mol. The van der Waals surface area contributed by atoms with Crippen LogP contribution in [0.4, 0.5) is 28.4 Å². The Balaban J connectivity index is 1.65. The lowest BCUT2D eigenvalue weighted by molar-refractivity contribution is -0.137. The molecule has 0 saturated heterocycles. The second kappa shape index (κ2) is 7.80. The van der Waals surface area contributed by atoms with Crippen LogP contribution < -0.4 is 10.6 Å². The standard InChI is InChI=1S/C17H11F4N3O3S/c18-9-3-4-12(11(6-9)17(19,20)21)23-14(25)7-10-8-28-16(22-10)24-15(26)13-2-1-5-27-13/h1-6,8H,7H2,(H,23,25)(H,22,24,26). The van der Waals surface area contributed by atoms with Gasteiger partial charge in [0.1, 0.15) is 5.82 Å². The van der Waals surface area contributed by atoms with E-state index < -0.39 is 35.1 Å². The highest BCUT2D eigenvalue weighted by Crippen LogP contribution is 2.35. The van der Waals surface area contributed by atoms with Crippen molar-refractivity contribution in [1.82, 2.24) is 4.98 Å².